The highest BCUT2D eigenvalue weighted by atomic mass is 15.1. The molecule has 12 aromatic carbocycles. The molecule has 2 heterocycles. The second-order valence-corrected chi connectivity index (χ2v) is 20.8. The zero-order valence-electron chi connectivity index (χ0n) is 42.3. The lowest BCUT2D eigenvalue weighted by Gasteiger charge is -2.29. The van der Waals surface area contributed by atoms with E-state index in [2.05, 4.69) is 301 Å². The average molecular weight is 970 g/mol. The topological polar surface area (TPSA) is 13.1 Å². The lowest BCUT2D eigenvalue weighted by atomic mass is 9.82. The van der Waals surface area contributed by atoms with E-state index in [4.69, 9.17) is 0 Å². The highest BCUT2D eigenvalue weighted by Crippen LogP contribution is 2.52. The van der Waals surface area contributed by atoms with Gasteiger partial charge in [-0.25, -0.2) is 0 Å². The first kappa shape index (κ1) is 43.8. The third-order valence-corrected chi connectivity index (χ3v) is 16.3. The Hall–Kier alpha value is -9.70. The fourth-order valence-electron chi connectivity index (χ4n) is 12.9. The molecule has 3 nitrogen and oxygen atoms in total. The minimum absolute atomic E-state index is 0.170. The molecule has 0 amide bonds. The maximum absolute atomic E-state index is 2.51. The normalized spacial score (nSPS) is 12.7. The molecule has 0 spiro atoms. The first-order valence-electron chi connectivity index (χ1n) is 26.4. The number of benzene rings is 12. The van der Waals surface area contributed by atoms with Crippen LogP contribution in [0.5, 0.6) is 0 Å². The minimum Gasteiger partial charge on any atom is -0.310 e. The third kappa shape index (κ3) is 6.62. The Morgan fingerprint density at radius 2 is 0.829 bits per heavy atom. The van der Waals surface area contributed by atoms with E-state index in [-0.39, 0.29) is 5.41 Å². The SMILES string of the molecule is CC1(C)c2ccccc2-c2ccc(N(c3ccc4c(c3)c3ccccc3n4-c3ccccc3)c3cccc4c(-c5cccc6c5ccc5c(-c7ccccc7)c(-c7ccccc7)n(-c7ccccc7)c56)cccc34)cc21. The quantitative estimate of drug-likeness (QED) is 0.148. The summed E-state index contributed by atoms with van der Waals surface area (Å²) >= 11 is 0. The predicted octanol–water partition coefficient (Wildman–Crippen LogP) is 19.8. The van der Waals surface area contributed by atoms with Crippen LogP contribution < -0.4 is 4.90 Å². The molecule has 0 aliphatic heterocycles. The number of nitrogens with zero attached hydrogens (tertiary/aromatic N) is 3. The van der Waals surface area contributed by atoms with Crippen molar-refractivity contribution in [2.45, 2.75) is 19.3 Å². The van der Waals surface area contributed by atoms with Crippen LogP contribution in [0.2, 0.25) is 0 Å². The van der Waals surface area contributed by atoms with Crippen molar-refractivity contribution in [3.63, 3.8) is 0 Å². The molecule has 0 atom stereocenters. The van der Waals surface area contributed by atoms with Crippen LogP contribution in [0.3, 0.4) is 0 Å². The van der Waals surface area contributed by atoms with Crippen molar-refractivity contribution in [1.29, 1.82) is 0 Å². The summed E-state index contributed by atoms with van der Waals surface area (Å²) in [6.45, 7) is 4.75. The van der Waals surface area contributed by atoms with Crippen molar-refractivity contribution < 1.29 is 0 Å². The molecule has 0 saturated heterocycles. The lowest BCUT2D eigenvalue weighted by Crippen LogP contribution is -2.16. The molecule has 358 valence electrons. The van der Waals surface area contributed by atoms with E-state index in [0.29, 0.717) is 0 Å². The Bertz CT molecular complexity index is 4580. The van der Waals surface area contributed by atoms with E-state index >= 15 is 0 Å². The summed E-state index contributed by atoms with van der Waals surface area (Å²) in [7, 11) is 0. The molecule has 1 aliphatic rings. The van der Waals surface area contributed by atoms with Crippen LogP contribution in [0.1, 0.15) is 25.0 Å². The summed E-state index contributed by atoms with van der Waals surface area (Å²) in [4.78, 5) is 2.51. The molecule has 0 radical (unpaired) electrons. The van der Waals surface area contributed by atoms with E-state index in [1.165, 1.54) is 110 Å². The van der Waals surface area contributed by atoms with Gasteiger partial charge in [0.2, 0.25) is 0 Å². The Morgan fingerprint density at radius 1 is 0.316 bits per heavy atom. The highest BCUT2D eigenvalue weighted by Gasteiger charge is 2.36. The van der Waals surface area contributed by atoms with Gasteiger partial charge in [-0.3, -0.25) is 0 Å². The van der Waals surface area contributed by atoms with Crippen LogP contribution in [0, 0.1) is 0 Å². The van der Waals surface area contributed by atoms with Crippen LogP contribution >= 0.6 is 0 Å². The number of hydrogen-bond donors (Lipinski definition) is 0. The number of anilines is 3. The summed E-state index contributed by atoms with van der Waals surface area (Å²) < 4.78 is 4.90. The zero-order valence-corrected chi connectivity index (χ0v) is 42.3. The number of rotatable bonds is 8. The summed E-state index contributed by atoms with van der Waals surface area (Å²) in [5, 5.41) is 8.45. The molecule has 0 saturated carbocycles. The van der Waals surface area contributed by atoms with Gasteiger partial charge in [0, 0.05) is 60.7 Å². The van der Waals surface area contributed by atoms with Gasteiger partial charge >= 0.3 is 0 Å². The molecule has 15 rings (SSSR count). The number of fused-ring (bicyclic) bond motifs is 10. The first-order valence-corrected chi connectivity index (χ1v) is 26.4. The predicted molar refractivity (Wildman–Crippen MR) is 321 cm³/mol. The zero-order chi connectivity index (χ0) is 50.5. The third-order valence-electron chi connectivity index (χ3n) is 16.3. The van der Waals surface area contributed by atoms with Crippen LogP contribution in [-0.4, -0.2) is 9.13 Å². The standard InChI is InChI=1S/C73H51N3/c1-73(2)65-37-17-15-30-58(65)59-42-40-53(47-66(59)73)74(52-41-45-69-64(46-52)61-31-16-18-38-68(61)75(69)50-26-11-5-12-27-50)67-39-21-34-56-54(32-19-35-60(56)67)55-33-20-36-62-57(55)43-44-63-70(48-22-7-3-8-23-48)71(49-24-9-4-10-25-49)76(72(62)63)51-28-13-6-14-29-51/h3-47H,1-2H3. The van der Waals surface area contributed by atoms with Crippen molar-refractivity contribution in [2.75, 3.05) is 4.90 Å². The molecule has 1 aliphatic carbocycles. The molecule has 76 heavy (non-hydrogen) atoms. The smallest absolute Gasteiger partial charge is 0.0620 e. The van der Waals surface area contributed by atoms with Crippen molar-refractivity contribution in [1.82, 2.24) is 9.13 Å². The van der Waals surface area contributed by atoms with E-state index in [0.717, 1.165) is 28.4 Å². The van der Waals surface area contributed by atoms with Gasteiger partial charge in [-0.1, -0.05) is 220 Å². The van der Waals surface area contributed by atoms with Gasteiger partial charge in [0.05, 0.1) is 27.9 Å². The van der Waals surface area contributed by atoms with Gasteiger partial charge in [0.1, 0.15) is 0 Å². The fourth-order valence-corrected chi connectivity index (χ4v) is 12.9. The highest BCUT2D eigenvalue weighted by molar-refractivity contribution is 6.20. The molecule has 0 N–H and O–H groups in total. The number of hydrogen-bond acceptors (Lipinski definition) is 1. The van der Waals surface area contributed by atoms with Gasteiger partial charge < -0.3 is 14.0 Å². The molecule has 3 heteroatoms. The van der Waals surface area contributed by atoms with Gasteiger partial charge in [-0.15, -0.1) is 0 Å². The summed E-state index contributed by atoms with van der Waals surface area (Å²) in [6, 6.07) is 101. The Labute approximate surface area is 442 Å². The monoisotopic (exact) mass is 969 g/mol. The number of para-hydroxylation sites is 3. The first-order chi connectivity index (χ1) is 37.5. The van der Waals surface area contributed by atoms with Gasteiger partial charge in [0.25, 0.3) is 0 Å². The molecule has 0 fully saturated rings. The molecular formula is C73H51N3. The van der Waals surface area contributed by atoms with Gasteiger partial charge in [0.15, 0.2) is 0 Å². The molecule has 0 bridgehead atoms. The van der Waals surface area contributed by atoms with Gasteiger partial charge in [-0.05, 0) is 122 Å². The van der Waals surface area contributed by atoms with E-state index in [1.807, 2.05) is 0 Å². The summed E-state index contributed by atoms with van der Waals surface area (Å²) in [5.41, 5.74) is 21.5. The second-order valence-electron chi connectivity index (χ2n) is 20.8. The fraction of sp³-hybridized carbons (Fsp3) is 0.0411. The van der Waals surface area contributed by atoms with Crippen LogP contribution in [-0.2, 0) is 5.41 Å². The average Bonchev–Trinajstić information content (AvgIpc) is 4.14. The van der Waals surface area contributed by atoms with Crippen molar-refractivity contribution in [3.8, 4) is 56.0 Å². The summed E-state index contributed by atoms with van der Waals surface area (Å²) in [5.74, 6) is 0. The number of aromatic nitrogens is 2. The van der Waals surface area contributed by atoms with Crippen LogP contribution in [0.15, 0.2) is 273 Å². The van der Waals surface area contributed by atoms with Crippen molar-refractivity contribution in [3.05, 3.63) is 284 Å². The van der Waals surface area contributed by atoms with E-state index in [9.17, 15) is 0 Å². The van der Waals surface area contributed by atoms with Gasteiger partial charge in [-0.2, -0.15) is 0 Å². The molecular weight excluding hydrogens is 919 g/mol. The largest absolute Gasteiger partial charge is 0.310 e. The molecule has 0 unspecified atom stereocenters. The molecule has 14 aromatic rings. The van der Waals surface area contributed by atoms with Crippen LogP contribution in [0.25, 0.3) is 110 Å². The maximum atomic E-state index is 2.51. The maximum Gasteiger partial charge on any atom is 0.0620 e. The Balaban J connectivity index is 0.969. The van der Waals surface area contributed by atoms with Crippen molar-refractivity contribution in [2.24, 2.45) is 0 Å². The van der Waals surface area contributed by atoms with Crippen molar-refractivity contribution >= 4 is 71.3 Å². The Kier molecular flexibility index (Phi) is 9.92. The Morgan fingerprint density at radius 3 is 1.58 bits per heavy atom. The lowest BCUT2D eigenvalue weighted by molar-refractivity contribution is 0.660. The minimum atomic E-state index is -0.170. The second kappa shape index (κ2) is 17.2. The molecule has 2 aromatic heterocycles. The van der Waals surface area contributed by atoms with Crippen LogP contribution in [0.4, 0.5) is 17.1 Å². The summed E-state index contributed by atoms with van der Waals surface area (Å²) in [6.07, 6.45) is 0. The van der Waals surface area contributed by atoms with E-state index < -0.39 is 0 Å². The van der Waals surface area contributed by atoms with E-state index in [1.54, 1.807) is 0 Å².